The molecule has 2 rings (SSSR count). The molecule has 82 valence electrons. The first-order chi connectivity index (χ1) is 7.15. The molecule has 3 atom stereocenters. The number of aliphatic imine (C=N–C) groups is 1. The van der Waals surface area contributed by atoms with Crippen LogP contribution in [0.1, 0.15) is 19.3 Å². The highest BCUT2D eigenvalue weighted by molar-refractivity contribution is 5.74. The maximum atomic E-state index is 10.4. The molecule has 6 nitrogen and oxygen atoms in total. The van der Waals surface area contributed by atoms with E-state index in [1.807, 2.05) is 0 Å². The van der Waals surface area contributed by atoms with Crippen molar-refractivity contribution in [1.29, 1.82) is 5.41 Å². The smallest absolute Gasteiger partial charge is 0.297 e. The van der Waals surface area contributed by atoms with E-state index in [0.717, 1.165) is 6.42 Å². The summed E-state index contributed by atoms with van der Waals surface area (Å²) in [5.41, 5.74) is 5.88. The van der Waals surface area contributed by atoms with Crippen LogP contribution in [0.3, 0.4) is 0 Å². The van der Waals surface area contributed by atoms with Crippen molar-refractivity contribution in [3.63, 3.8) is 0 Å². The van der Waals surface area contributed by atoms with Gasteiger partial charge in [-0.05, 0) is 12.5 Å². The number of allylic oxidation sites excluding steroid dienone is 1. The molecule has 15 heavy (non-hydrogen) atoms. The quantitative estimate of drug-likeness (QED) is 0.463. The van der Waals surface area contributed by atoms with E-state index in [1.54, 1.807) is 18.5 Å². The van der Waals surface area contributed by atoms with Crippen molar-refractivity contribution in [2.24, 2.45) is 10.7 Å². The highest BCUT2D eigenvalue weighted by Gasteiger charge is 2.49. The number of hydroxylamine groups is 3. The van der Waals surface area contributed by atoms with Crippen molar-refractivity contribution in [2.45, 2.75) is 31.7 Å². The van der Waals surface area contributed by atoms with Crippen LogP contribution in [0.25, 0.3) is 0 Å². The molecule has 0 aromatic rings. The van der Waals surface area contributed by atoms with E-state index in [0.29, 0.717) is 12.8 Å². The van der Waals surface area contributed by atoms with E-state index in [2.05, 4.69) is 10.3 Å². The minimum absolute atomic E-state index is 0.221. The largest absolute Gasteiger partial charge is 0.320 e. The van der Waals surface area contributed by atoms with Gasteiger partial charge in [0.25, 0.3) is 6.29 Å². The molecular formula is C9H16N5O+. The summed E-state index contributed by atoms with van der Waals surface area (Å²) in [5.74, 6) is 0.221. The van der Waals surface area contributed by atoms with E-state index < -0.39 is 17.1 Å². The Bertz CT molecular complexity index is 326. The standard InChI is InChI=1S/C9H16N5O/c10-7-3-1-4-8(11)14(7,15)9-12-5-2-6-13-9/h2,5-7,9,11-12,15H,1,3-4,10H2/q+1. The van der Waals surface area contributed by atoms with Crippen molar-refractivity contribution >= 4 is 12.1 Å². The number of hydrogen-bond donors (Lipinski definition) is 4. The number of amidine groups is 1. The number of nitrogens with two attached hydrogens (primary N) is 1. The average molecular weight is 210 g/mol. The molecule has 2 aliphatic rings. The summed E-state index contributed by atoms with van der Waals surface area (Å²) in [7, 11) is 0. The van der Waals surface area contributed by atoms with Crippen LogP contribution in [0.4, 0.5) is 0 Å². The van der Waals surface area contributed by atoms with Gasteiger partial charge in [-0.25, -0.2) is 10.2 Å². The number of rotatable bonds is 1. The SMILES string of the molecule is N=C1CCCC(N)[N+]1(O)C1N=CC=CN1. The van der Waals surface area contributed by atoms with Gasteiger partial charge < -0.3 is 5.32 Å². The summed E-state index contributed by atoms with van der Waals surface area (Å²) in [4.78, 5) is 4.10. The molecule has 0 amide bonds. The number of hydrogen-bond acceptors (Lipinski definition) is 5. The molecule has 0 aliphatic carbocycles. The van der Waals surface area contributed by atoms with E-state index in [9.17, 15) is 5.21 Å². The normalized spacial score (nSPS) is 40.3. The summed E-state index contributed by atoms with van der Waals surface area (Å²) in [6, 6.07) is 0. The summed E-state index contributed by atoms with van der Waals surface area (Å²) >= 11 is 0. The monoisotopic (exact) mass is 210 g/mol. The second-order valence-electron chi connectivity index (χ2n) is 3.84. The summed E-state index contributed by atoms with van der Waals surface area (Å²) in [5, 5.41) is 21.1. The molecule has 0 bridgehead atoms. The lowest BCUT2D eigenvalue weighted by Gasteiger charge is -2.41. The van der Waals surface area contributed by atoms with Gasteiger partial charge in [-0.15, -0.1) is 0 Å². The van der Waals surface area contributed by atoms with E-state index >= 15 is 0 Å². The molecule has 0 saturated carbocycles. The lowest BCUT2D eigenvalue weighted by molar-refractivity contribution is -1.07. The van der Waals surface area contributed by atoms with Crippen LogP contribution < -0.4 is 11.1 Å². The predicted molar refractivity (Wildman–Crippen MR) is 56.2 cm³/mol. The fourth-order valence-corrected chi connectivity index (χ4v) is 1.96. The molecule has 0 spiro atoms. The predicted octanol–water partition coefficient (Wildman–Crippen LogP) is 0.110. The van der Waals surface area contributed by atoms with Crippen LogP contribution in [0.5, 0.6) is 0 Å². The Balaban J connectivity index is 2.25. The number of nitrogens with one attached hydrogen (secondary N) is 2. The van der Waals surface area contributed by atoms with E-state index in [-0.39, 0.29) is 5.84 Å². The molecule has 0 aromatic heterocycles. The maximum absolute atomic E-state index is 10.4. The summed E-state index contributed by atoms with van der Waals surface area (Å²) in [6.07, 6.45) is 6.10. The third-order valence-electron chi connectivity index (χ3n) is 2.88. The highest BCUT2D eigenvalue weighted by atomic mass is 16.6. The van der Waals surface area contributed by atoms with Crippen molar-refractivity contribution in [1.82, 2.24) is 5.32 Å². The first-order valence-electron chi connectivity index (χ1n) is 5.05. The Labute approximate surface area is 88.1 Å². The lowest BCUT2D eigenvalue weighted by Crippen LogP contribution is -2.70. The van der Waals surface area contributed by atoms with E-state index in [1.165, 1.54) is 0 Å². The Kier molecular flexibility index (Phi) is 2.56. The lowest BCUT2D eigenvalue weighted by atomic mass is 10.1. The Hall–Kier alpha value is -1.24. The fourth-order valence-electron chi connectivity index (χ4n) is 1.96. The Morgan fingerprint density at radius 1 is 1.67 bits per heavy atom. The van der Waals surface area contributed by atoms with Crippen LogP contribution >= 0.6 is 0 Å². The third kappa shape index (κ3) is 1.56. The number of quaternary nitrogens is 1. The zero-order valence-electron chi connectivity index (χ0n) is 8.43. The topological polar surface area (TPSA) is 94.5 Å². The van der Waals surface area contributed by atoms with Crippen molar-refractivity contribution in [2.75, 3.05) is 0 Å². The van der Waals surface area contributed by atoms with Crippen molar-refractivity contribution in [3.8, 4) is 0 Å². The van der Waals surface area contributed by atoms with Crippen LogP contribution in [-0.2, 0) is 0 Å². The van der Waals surface area contributed by atoms with Gasteiger partial charge in [0.1, 0.15) is 0 Å². The van der Waals surface area contributed by atoms with Gasteiger partial charge >= 0.3 is 0 Å². The van der Waals surface area contributed by atoms with Gasteiger partial charge in [-0.3, -0.25) is 11.1 Å². The first kappa shape index (κ1) is 10.3. The highest BCUT2D eigenvalue weighted by Crippen LogP contribution is 2.25. The molecule has 0 aromatic carbocycles. The number of nitrogens with zero attached hydrogens (tertiary/aromatic N) is 2. The molecule has 1 saturated heterocycles. The Morgan fingerprint density at radius 2 is 2.47 bits per heavy atom. The van der Waals surface area contributed by atoms with Gasteiger partial charge in [0.2, 0.25) is 5.84 Å². The molecular weight excluding hydrogens is 194 g/mol. The minimum Gasteiger partial charge on any atom is -0.320 e. The van der Waals surface area contributed by atoms with Crippen molar-refractivity contribution in [3.05, 3.63) is 12.3 Å². The average Bonchev–Trinajstić information content (AvgIpc) is 2.27. The van der Waals surface area contributed by atoms with Gasteiger partial charge in [0.05, 0.1) is 0 Å². The second-order valence-corrected chi connectivity index (χ2v) is 3.84. The van der Waals surface area contributed by atoms with Gasteiger partial charge in [-0.2, -0.15) is 0 Å². The molecule has 2 heterocycles. The van der Waals surface area contributed by atoms with Crippen LogP contribution in [0.2, 0.25) is 0 Å². The molecule has 1 fully saturated rings. The Morgan fingerprint density at radius 3 is 3.07 bits per heavy atom. The minimum atomic E-state index is -0.610. The van der Waals surface area contributed by atoms with E-state index in [4.69, 9.17) is 11.1 Å². The fraction of sp³-hybridized carbons (Fsp3) is 0.556. The molecule has 0 radical (unpaired) electrons. The summed E-state index contributed by atoms with van der Waals surface area (Å²) < 4.78 is -0.610. The number of likely N-dealkylation sites (tertiary alicyclic amines) is 1. The van der Waals surface area contributed by atoms with Crippen LogP contribution in [0, 0.1) is 5.41 Å². The zero-order valence-corrected chi connectivity index (χ0v) is 8.43. The third-order valence-corrected chi connectivity index (χ3v) is 2.88. The number of piperidine rings is 1. The van der Waals surface area contributed by atoms with Crippen molar-refractivity contribution < 1.29 is 9.85 Å². The van der Waals surface area contributed by atoms with Gasteiger partial charge in [0.15, 0.2) is 6.17 Å². The zero-order chi connectivity index (χ0) is 10.9. The van der Waals surface area contributed by atoms with Gasteiger partial charge in [-0.1, -0.05) is 4.65 Å². The maximum Gasteiger partial charge on any atom is 0.297 e. The molecule has 6 heteroatoms. The first-order valence-corrected chi connectivity index (χ1v) is 5.05. The molecule has 3 unspecified atom stereocenters. The molecule has 5 N–H and O–H groups in total. The van der Waals surface area contributed by atoms with Crippen LogP contribution in [-0.4, -0.2) is 34.4 Å². The molecule has 2 aliphatic heterocycles. The van der Waals surface area contributed by atoms with Crippen LogP contribution in [0.15, 0.2) is 17.3 Å². The second kappa shape index (κ2) is 3.73. The van der Waals surface area contributed by atoms with Gasteiger partial charge in [0, 0.05) is 25.3 Å². The summed E-state index contributed by atoms with van der Waals surface area (Å²) in [6.45, 7) is 0.